The number of imidazole rings is 1. The molecule has 266 valence electrons. The Labute approximate surface area is 299 Å². The largest absolute Gasteiger partial charge is 0.408 e. The molecule has 6 heterocycles. The average Bonchev–Trinajstić information content (AvgIpc) is 3.68. The van der Waals surface area contributed by atoms with Crippen molar-refractivity contribution in [2.45, 2.75) is 87.9 Å². The van der Waals surface area contributed by atoms with Gasteiger partial charge >= 0.3 is 6.80 Å². The molecular formula is C28H37FN6O8P2S3Si. The summed E-state index contributed by atoms with van der Waals surface area (Å²) in [4.78, 5) is 16.4. The summed E-state index contributed by atoms with van der Waals surface area (Å²) in [6, 6.07) is 3.57. The first-order valence-corrected chi connectivity index (χ1v) is 24.6. The molecule has 3 aromatic rings. The third kappa shape index (κ3) is 8.12. The lowest BCUT2D eigenvalue weighted by molar-refractivity contribution is -0.0414. The number of halogens is 1. The van der Waals surface area contributed by atoms with E-state index in [-0.39, 0.29) is 35.2 Å². The topological polar surface area (TPSA) is 164 Å². The molecule has 0 aliphatic carbocycles. The number of ether oxygens (including phenoxy) is 2. The minimum atomic E-state index is -4.27. The van der Waals surface area contributed by atoms with Gasteiger partial charge in [-0.25, -0.2) is 23.9 Å². The zero-order valence-corrected chi connectivity index (χ0v) is 32.5. The Balaban J connectivity index is 1.33. The Morgan fingerprint density at radius 1 is 1.12 bits per heavy atom. The fourth-order valence-corrected chi connectivity index (χ4v) is 10.0. The highest BCUT2D eigenvalue weighted by Crippen LogP contribution is 2.60. The summed E-state index contributed by atoms with van der Waals surface area (Å²) < 4.78 is 74.7. The van der Waals surface area contributed by atoms with Gasteiger partial charge in [0.1, 0.15) is 48.5 Å². The highest BCUT2D eigenvalue weighted by Gasteiger charge is 2.55. The third-order valence-electron chi connectivity index (χ3n) is 8.81. The molecule has 0 spiro atoms. The zero-order valence-electron chi connectivity index (χ0n) is 27.2. The van der Waals surface area contributed by atoms with Crippen LogP contribution in [0.15, 0.2) is 37.2 Å². The number of anilines is 1. The molecule has 0 aromatic carbocycles. The smallest absolute Gasteiger partial charge is 0.386 e. The number of pyridine rings is 1. The Kier molecular flexibility index (Phi) is 10.8. The number of fused-ring (bicyclic) bond motifs is 4. The van der Waals surface area contributed by atoms with Crippen LogP contribution in [0, 0.1) is 11.8 Å². The van der Waals surface area contributed by atoms with Gasteiger partial charge in [0.2, 0.25) is 5.69 Å². The number of aromatic nitrogens is 5. The Hall–Kier alpha value is -1.49. The molecule has 49 heavy (non-hydrogen) atoms. The molecular weight excluding hydrogens is 754 g/mol. The molecule has 14 nitrogen and oxygen atoms in total. The van der Waals surface area contributed by atoms with E-state index in [9.17, 15) is 4.57 Å². The Morgan fingerprint density at radius 2 is 1.88 bits per heavy atom. The summed E-state index contributed by atoms with van der Waals surface area (Å²) in [5.41, 5.74) is 3.61. The quantitative estimate of drug-likeness (QED) is 0.136. The second-order valence-electron chi connectivity index (χ2n) is 13.2. The second-order valence-corrected chi connectivity index (χ2v) is 26.1. The van der Waals surface area contributed by atoms with Crippen molar-refractivity contribution in [1.82, 2.24) is 24.5 Å². The van der Waals surface area contributed by atoms with E-state index in [0.29, 0.717) is 5.56 Å². The van der Waals surface area contributed by atoms with Crippen LogP contribution >= 0.6 is 37.0 Å². The molecule has 0 amide bonds. The predicted molar refractivity (Wildman–Crippen MR) is 192 cm³/mol. The molecule has 2 N–H and O–H groups in total. The van der Waals surface area contributed by atoms with Crippen LogP contribution in [0.25, 0.3) is 11.2 Å². The van der Waals surface area contributed by atoms with E-state index in [4.69, 9.17) is 49.5 Å². The molecule has 3 fully saturated rings. The van der Waals surface area contributed by atoms with Crippen LogP contribution in [0.5, 0.6) is 0 Å². The van der Waals surface area contributed by atoms with Gasteiger partial charge in [-0.1, -0.05) is 57.1 Å². The zero-order chi connectivity index (χ0) is 35.4. The molecule has 2 bridgehead atoms. The number of nitrogens with two attached hydrogens (primary N) is 1. The van der Waals surface area contributed by atoms with Gasteiger partial charge in [-0.05, 0) is 42.1 Å². The molecule has 10 atom stereocenters. The number of nitrogens with zero attached hydrogens (tertiary/aromatic N) is 5. The summed E-state index contributed by atoms with van der Waals surface area (Å²) in [6.07, 6.45) is -3.53. The van der Waals surface area contributed by atoms with Gasteiger partial charge in [0.15, 0.2) is 32.2 Å². The van der Waals surface area contributed by atoms with Crippen LogP contribution in [0.1, 0.15) is 32.6 Å². The first-order valence-electron chi connectivity index (χ1n) is 15.2. The average molecular weight is 791 g/mol. The van der Waals surface area contributed by atoms with E-state index >= 15 is 4.39 Å². The molecule has 3 saturated heterocycles. The lowest BCUT2D eigenvalue weighted by Crippen LogP contribution is -2.50. The number of thiol groups is 2. The summed E-state index contributed by atoms with van der Waals surface area (Å²) in [5.74, 6) is 6.28. The van der Waals surface area contributed by atoms with Crippen molar-refractivity contribution in [2.75, 3.05) is 18.9 Å². The molecule has 6 rings (SSSR count). The number of alkyl halides is 1. The predicted octanol–water partition coefficient (Wildman–Crippen LogP) is 5.26. The Morgan fingerprint density at radius 3 is 2.59 bits per heavy atom. The maximum atomic E-state index is 16.3. The van der Waals surface area contributed by atoms with E-state index in [1.807, 2.05) is 0 Å². The van der Waals surface area contributed by atoms with Gasteiger partial charge in [0, 0.05) is 18.0 Å². The maximum Gasteiger partial charge on any atom is 0.386 e. The molecule has 3 aliphatic rings. The van der Waals surface area contributed by atoms with E-state index < -0.39 is 69.8 Å². The summed E-state index contributed by atoms with van der Waals surface area (Å²) in [6.45, 7) is 5.48. The van der Waals surface area contributed by atoms with E-state index in [2.05, 4.69) is 90.1 Å². The van der Waals surface area contributed by atoms with Crippen LogP contribution in [0.2, 0.25) is 18.1 Å². The number of hydrogen-bond acceptors (Lipinski definition) is 14. The van der Waals surface area contributed by atoms with E-state index in [1.54, 1.807) is 24.5 Å². The maximum absolute atomic E-state index is 16.3. The van der Waals surface area contributed by atoms with Crippen LogP contribution in [0.4, 0.5) is 10.2 Å². The van der Waals surface area contributed by atoms with Gasteiger partial charge in [0.05, 0.1) is 19.5 Å². The van der Waals surface area contributed by atoms with Crippen LogP contribution < -0.4 is 5.73 Å². The van der Waals surface area contributed by atoms with Gasteiger partial charge < -0.3 is 28.7 Å². The minimum absolute atomic E-state index is 0.108. The van der Waals surface area contributed by atoms with E-state index in [0.717, 1.165) is 0 Å². The van der Waals surface area contributed by atoms with Crippen LogP contribution in [0.3, 0.4) is 0 Å². The van der Waals surface area contributed by atoms with Crippen LogP contribution in [-0.2, 0) is 48.4 Å². The van der Waals surface area contributed by atoms with Crippen molar-refractivity contribution in [1.29, 1.82) is 0 Å². The van der Waals surface area contributed by atoms with Crippen molar-refractivity contribution < 1.29 is 41.0 Å². The molecule has 3 unspecified atom stereocenters. The summed E-state index contributed by atoms with van der Waals surface area (Å²) in [5, 5.41) is -0.204. The third-order valence-corrected chi connectivity index (χ3v) is 17.1. The summed E-state index contributed by atoms with van der Waals surface area (Å²) >= 11 is 14.6. The molecule has 0 saturated carbocycles. The highest BCUT2D eigenvalue weighted by molar-refractivity contribution is 8.60. The van der Waals surface area contributed by atoms with Crippen LogP contribution in [-0.4, -0.2) is 88.8 Å². The van der Waals surface area contributed by atoms with Gasteiger partial charge in [0.25, 0.3) is 0 Å². The molecule has 3 aliphatic heterocycles. The molecule has 3 aromatic heterocycles. The van der Waals surface area contributed by atoms with E-state index in [1.165, 1.54) is 17.2 Å². The van der Waals surface area contributed by atoms with Crippen molar-refractivity contribution in [3.8, 4) is 11.8 Å². The van der Waals surface area contributed by atoms with Gasteiger partial charge in [-0.2, -0.15) is 0 Å². The summed E-state index contributed by atoms with van der Waals surface area (Å²) in [7, 11) is -2.49. The SMILES string of the molecule is CC(C)(C)[Si](C)(C)OC1[C@H]2OP(=S)(S)OC[C@H]3O[C@@H](n4cnc5c(N)ncnc54)[C@H](F)[C@@H]3OP(=O)(S)OC[C@H]1O[C@H]2C#Cc1cccnc1. The lowest BCUT2D eigenvalue weighted by atomic mass is 10.1. The van der Waals surface area contributed by atoms with Crippen molar-refractivity contribution in [3.63, 3.8) is 0 Å². The monoisotopic (exact) mass is 790 g/mol. The first-order chi connectivity index (χ1) is 22.9. The second kappa shape index (κ2) is 14.1. The Bertz CT molecular complexity index is 1850. The standard InChI is InChI=1S/C28H37FN6O8P2S3Si/c1-28(2,3)49(4,5)43-24-19-12-37-44(36,46)41-22-18(40-27(20(22)29)35-15-34-21-25(30)32-14-33-26(21)35)13-38-45(47,48)42-23(24)17(39-19)9-8-16-7-6-10-31-11-16/h6-7,10-11,14-15,17-20,22-24,27H,12-13H2,1-5H3,(H,36,46)(H,47,48)(H2,30,32,33)/t17-,18+,19+,20+,22+,23-,24?,27+,44?/m0/s1. The van der Waals surface area contributed by atoms with Gasteiger partial charge in [-0.15, -0.1) is 0 Å². The lowest BCUT2D eigenvalue weighted by Gasteiger charge is -2.40. The first kappa shape index (κ1) is 37.3. The van der Waals surface area contributed by atoms with Crippen molar-refractivity contribution in [2.24, 2.45) is 0 Å². The fourth-order valence-electron chi connectivity index (χ4n) is 5.28. The fraction of sp³-hybridized carbons (Fsp3) is 0.571. The number of hydrogen-bond donors (Lipinski definition) is 3. The normalized spacial score (nSPS) is 35.8. The van der Waals surface area contributed by atoms with Crippen molar-refractivity contribution in [3.05, 3.63) is 42.7 Å². The number of rotatable bonds is 3. The number of nitrogen functional groups attached to an aromatic ring is 1. The highest BCUT2D eigenvalue weighted by atomic mass is 32.9. The molecule has 21 heteroatoms. The van der Waals surface area contributed by atoms with Gasteiger partial charge in [-0.3, -0.25) is 18.6 Å². The minimum Gasteiger partial charge on any atom is -0.408 e. The molecule has 0 radical (unpaired) electrons. The van der Waals surface area contributed by atoms with Crippen molar-refractivity contribution >= 4 is 74.1 Å².